The Kier molecular flexibility index (Phi) is 5.03. The van der Waals surface area contributed by atoms with Crippen molar-refractivity contribution in [1.82, 2.24) is 10.3 Å². The number of rotatable bonds is 5. The van der Waals surface area contributed by atoms with Crippen LogP contribution in [0.15, 0.2) is 24.3 Å². The summed E-state index contributed by atoms with van der Waals surface area (Å²) in [6, 6.07) is 6.25. The molecule has 23 heavy (non-hydrogen) atoms. The highest BCUT2D eigenvalue weighted by atomic mass is 32.1. The van der Waals surface area contributed by atoms with E-state index in [4.69, 9.17) is 0 Å². The Balaban J connectivity index is 1.61. The number of hydrogen-bond donors (Lipinski definition) is 2. The fourth-order valence-electron chi connectivity index (χ4n) is 2.80. The molecule has 1 fully saturated rings. The summed E-state index contributed by atoms with van der Waals surface area (Å²) < 4.78 is 13.0. The first-order chi connectivity index (χ1) is 11.1. The average Bonchev–Trinajstić information content (AvgIpc) is 3.16. The first kappa shape index (κ1) is 16.1. The molecule has 1 amide bonds. The number of aryl methyl sites for hydroxylation is 1. The maximum atomic E-state index is 13.0. The van der Waals surface area contributed by atoms with Crippen LogP contribution < -0.4 is 10.6 Å². The van der Waals surface area contributed by atoms with Crippen LogP contribution in [0.4, 0.5) is 9.52 Å². The van der Waals surface area contributed by atoms with Gasteiger partial charge in [-0.05, 0) is 63.0 Å². The molecule has 4 nitrogen and oxygen atoms in total. The standard InChI is InChI=1S/C17H20FN3OS/c1-11-16(13-3-5-14(18)6-4-13)21-17(23-11)20-15(22)7-2-12-8-9-19-10-12/h3-6,12,19H,2,7-10H2,1H3,(H,20,21,22). The summed E-state index contributed by atoms with van der Waals surface area (Å²) in [6.45, 7) is 4.02. The summed E-state index contributed by atoms with van der Waals surface area (Å²) in [5, 5.41) is 6.80. The van der Waals surface area contributed by atoms with E-state index < -0.39 is 0 Å². The molecule has 0 aliphatic carbocycles. The van der Waals surface area contributed by atoms with Gasteiger partial charge in [-0.3, -0.25) is 4.79 Å². The van der Waals surface area contributed by atoms with E-state index >= 15 is 0 Å². The highest BCUT2D eigenvalue weighted by Gasteiger charge is 2.17. The Labute approximate surface area is 139 Å². The van der Waals surface area contributed by atoms with Gasteiger partial charge >= 0.3 is 0 Å². The number of anilines is 1. The number of nitrogens with zero attached hydrogens (tertiary/aromatic N) is 1. The Bertz CT molecular complexity index is 678. The predicted molar refractivity (Wildman–Crippen MR) is 91.1 cm³/mol. The number of thiazole rings is 1. The number of amides is 1. The van der Waals surface area contributed by atoms with Gasteiger partial charge in [-0.2, -0.15) is 0 Å². The lowest BCUT2D eigenvalue weighted by Gasteiger charge is -2.07. The average molecular weight is 333 g/mol. The SMILES string of the molecule is Cc1sc(NC(=O)CCC2CCNC2)nc1-c1ccc(F)cc1. The zero-order valence-corrected chi connectivity index (χ0v) is 13.9. The Hall–Kier alpha value is -1.79. The van der Waals surface area contributed by atoms with E-state index in [0.29, 0.717) is 17.5 Å². The van der Waals surface area contributed by atoms with E-state index in [2.05, 4.69) is 15.6 Å². The summed E-state index contributed by atoms with van der Waals surface area (Å²) in [5.74, 6) is 0.349. The molecule has 3 rings (SSSR count). The second-order valence-corrected chi connectivity index (χ2v) is 7.08. The molecule has 2 N–H and O–H groups in total. The minimum atomic E-state index is -0.267. The van der Waals surface area contributed by atoms with E-state index in [1.165, 1.54) is 23.5 Å². The van der Waals surface area contributed by atoms with Crippen LogP contribution >= 0.6 is 11.3 Å². The van der Waals surface area contributed by atoms with Crippen molar-refractivity contribution in [2.24, 2.45) is 5.92 Å². The summed E-state index contributed by atoms with van der Waals surface area (Å²) in [6.07, 6.45) is 2.59. The van der Waals surface area contributed by atoms with Crippen molar-refractivity contribution in [3.05, 3.63) is 35.0 Å². The van der Waals surface area contributed by atoms with Gasteiger partial charge < -0.3 is 10.6 Å². The third-order valence-electron chi connectivity index (χ3n) is 4.10. The minimum absolute atomic E-state index is 0.0105. The number of nitrogens with one attached hydrogen (secondary N) is 2. The van der Waals surface area contributed by atoms with Crippen molar-refractivity contribution >= 4 is 22.4 Å². The lowest BCUT2D eigenvalue weighted by molar-refractivity contribution is -0.116. The highest BCUT2D eigenvalue weighted by Crippen LogP contribution is 2.30. The highest BCUT2D eigenvalue weighted by molar-refractivity contribution is 7.16. The van der Waals surface area contributed by atoms with Crippen molar-refractivity contribution in [2.45, 2.75) is 26.2 Å². The molecule has 1 atom stereocenters. The number of carbonyl (C=O) groups excluding carboxylic acids is 1. The van der Waals surface area contributed by atoms with Crippen molar-refractivity contribution in [3.8, 4) is 11.3 Å². The Morgan fingerprint density at radius 2 is 2.22 bits per heavy atom. The van der Waals surface area contributed by atoms with E-state index in [0.717, 1.165) is 42.1 Å². The van der Waals surface area contributed by atoms with Gasteiger partial charge in [-0.25, -0.2) is 9.37 Å². The number of benzene rings is 1. The molecule has 1 unspecified atom stereocenters. The molecule has 1 aromatic carbocycles. The molecule has 0 saturated carbocycles. The van der Waals surface area contributed by atoms with Crippen LogP contribution in [0.25, 0.3) is 11.3 Å². The molecule has 122 valence electrons. The van der Waals surface area contributed by atoms with Gasteiger partial charge in [0.25, 0.3) is 0 Å². The van der Waals surface area contributed by atoms with Gasteiger partial charge in [0, 0.05) is 16.9 Å². The third kappa shape index (κ3) is 4.14. The lowest BCUT2D eigenvalue weighted by Crippen LogP contribution is -2.14. The van der Waals surface area contributed by atoms with Crippen molar-refractivity contribution in [3.63, 3.8) is 0 Å². The minimum Gasteiger partial charge on any atom is -0.316 e. The molecule has 1 saturated heterocycles. The molecule has 2 heterocycles. The molecule has 0 spiro atoms. The molecule has 1 aliphatic rings. The van der Waals surface area contributed by atoms with Crippen molar-refractivity contribution < 1.29 is 9.18 Å². The van der Waals surface area contributed by atoms with Gasteiger partial charge in [-0.15, -0.1) is 11.3 Å². The van der Waals surface area contributed by atoms with Crippen molar-refractivity contribution in [1.29, 1.82) is 0 Å². The summed E-state index contributed by atoms with van der Waals surface area (Å²) in [7, 11) is 0. The fraction of sp³-hybridized carbons (Fsp3) is 0.412. The van der Waals surface area contributed by atoms with Crippen LogP contribution in [0.3, 0.4) is 0 Å². The lowest BCUT2D eigenvalue weighted by atomic mass is 10.0. The molecular formula is C17H20FN3OS. The van der Waals surface area contributed by atoms with Gasteiger partial charge in [0.05, 0.1) is 5.69 Å². The Morgan fingerprint density at radius 1 is 1.43 bits per heavy atom. The molecule has 0 bridgehead atoms. The molecule has 2 aromatic rings. The van der Waals surface area contributed by atoms with E-state index in [9.17, 15) is 9.18 Å². The summed E-state index contributed by atoms with van der Waals surface area (Å²) >= 11 is 1.45. The molecule has 1 aliphatic heterocycles. The first-order valence-electron chi connectivity index (χ1n) is 7.86. The van der Waals surface area contributed by atoms with E-state index in [-0.39, 0.29) is 11.7 Å². The maximum Gasteiger partial charge on any atom is 0.226 e. The zero-order chi connectivity index (χ0) is 16.2. The van der Waals surface area contributed by atoms with Crippen LogP contribution in [0.2, 0.25) is 0 Å². The number of halogens is 1. The molecule has 6 heteroatoms. The monoisotopic (exact) mass is 333 g/mol. The van der Waals surface area contributed by atoms with Crippen LogP contribution in [0.1, 0.15) is 24.1 Å². The number of hydrogen-bond acceptors (Lipinski definition) is 4. The van der Waals surface area contributed by atoms with Gasteiger partial charge in [0.1, 0.15) is 5.82 Å². The van der Waals surface area contributed by atoms with Gasteiger partial charge in [-0.1, -0.05) is 0 Å². The zero-order valence-electron chi connectivity index (χ0n) is 13.1. The largest absolute Gasteiger partial charge is 0.316 e. The third-order valence-corrected chi connectivity index (χ3v) is 4.99. The Morgan fingerprint density at radius 3 is 2.91 bits per heavy atom. The summed E-state index contributed by atoms with van der Waals surface area (Å²) in [5.41, 5.74) is 1.66. The smallest absolute Gasteiger partial charge is 0.226 e. The topological polar surface area (TPSA) is 54.0 Å². The normalized spacial score (nSPS) is 17.4. The molecular weight excluding hydrogens is 313 g/mol. The number of carbonyl (C=O) groups is 1. The predicted octanol–water partition coefficient (Wildman–Crippen LogP) is 3.59. The van der Waals surface area contributed by atoms with Gasteiger partial charge in [0.2, 0.25) is 5.91 Å². The van der Waals surface area contributed by atoms with Gasteiger partial charge in [0.15, 0.2) is 5.13 Å². The maximum absolute atomic E-state index is 13.0. The second kappa shape index (κ2) is 7.19. The van der Waals surface area contributed by atoms with Crippen LogP contribution in [0, 0.1) is 18.7 Å². The molecule has 0 radical (unpaired) electrons. The van der Waals surface area contributed by atoms with Crippen LogP contribution in [0.5, 0.6) is 0 Å². The summed E-state index contributed by atoms with van der Waals surface area (Å²) in [4.78, 5) is 17.5. The number of aromatic nitrogens is 1. The van der Waals surface area contributed by atoms with Crippen LogP contribution in [-0.4, -0.2) is 24.0 Å². The fourth-order valence-corrected chi connectivity index (χ4v) is 3.66. The van der Waals surface area contributed by atoms with Crippen LogP contribution in [-0.2, 0) is 4.79 Å². The van der Waals surface area contributed by atoms with Crippen molar-refractivity contribution in [2.75, 3.05) is 18.4 Å². The quantitative estimate of drug-likeness (QED) is 0.879. The first-order valence-corrected chi connectivity index (χ1v) is 8.67. The molecule has 1 aromatic heterocycles. The van der Waals surface area contributed by atoms with E-state index in [1.807, 2.05) is 6.92 Å². The van der Waals surface area contributed by atoms with E-state index in [1.54, 1.807) is 12.1 Å². The second-order valence-electron chi connectivity index (χ2n) is 5.88.